The molecule has 2 aromatic rings. The van der Waals surface area contributed by atoms with Gasteiger partial charge in [-0.15, -0.1) is 0 Å². The fourth-order valence-corrected chi connectivity index (χ4v) is 6.74. The zero-order valence-corrected chi connectivity index (χ0v) is 17.9. The van der Waals surface area contributed by atoms with Crippen LogP contribution in [0.15, 0.2) is 12.1 Å². The Morgan fingerprint density at radius 1 is 0.704 bits per heavy atom. The van der Waals surface area contributed by atoms with Crippen molar-refractivity contribution in [2.75, 3.05) is 5.73 Å². The fourth-order valence-electron chi connectivity index (χ4n) is 6.74. The van der Waals surface area contributed by atoms with Gasteiger partial charge in [0.2, 0.25) is 0 Å². The smallest absolute Gasteiger partial charge is 0.0376 e. The number of hydrogen-bond donors (Lipinski definition) is 1. The number of benzene rings is 2. The van der Waals surface area contributed by atoms with Gasteiger partial charge in [-0.05, 0) is 109 Å². The topological polar surface area (TPSA) is 26.0 Å². The van der Waals surface area contributed by atoms with Gasteiger partial charge in [-0.1, -0.05) is 25.0 Å². The normalized spacial score (nSPS) is 27.4. The molecule has 0 heterocycles. The monoisotopic (exact) mass is 385 g/mol. The molecule has 2 aromatic carbocycles. The third kappa shape index (κ3) is 2.54. The van der Waals surface area contributed by atoms with Gasteiger partial charge in [0, 0.05) is 55.3 Å². The second kappa shape index (κ2) is 6.78. The van der Waals surface area contributed by atoms with Crippen LogP contribution in [0.25, 0.3) is 0 Å². The van der Waals surface area contributed by atoms with E-state index in [-0.39, 0.29) is 37.7 Å². The van der Waals surface area contributed by atoms with Gasteiger partial charge in [0.15, 0.2) is 0 Å². The molecule has 4 aliphatic carbocycles. The van der Waals surface area contributed by atoms with Crippen molar-refractivity contribution in [3.8, 4) is 0 Å². The molecule has 27 heavy (non-hydrogen) atoms. The minimum absolute atomic E-state index is 0. The maximum Gasteiger partial charge on any atom is 0.0376 e. The van der Waals surface area contributed by atoms with Crippen molar-refractivity contribution in [3.05, 3.63) is 62.2 Å². The minimum Gasteiger partial charge on any atom is -0.398 e. The Bertz CT molecular complexity index is 877. The van der Waals surface area contributed by atoms with Gasteiger partial charge in [0.05, 0.1) is 0 Å². The summed E-state index contributed by atoms with van der Waals surface area (Å²) in [6.07, 6.45) is 5.61. The van der Waals surface area contributed by atoms with E-state index in [0.29, 0.717) is 11.8 Å². The predicted octanol–water partition coefficient (Wildman–Crippen LogP) is 6.21. The van der Waals surface area contributed by atoms with E-state index in [9.17, 15) is 0 Å². The van der Waals surface area contributed by atoms with Crippen LogP contribution in [-0.4, -0.2) is 0 Å². The molecule has 0 spiro atoms. The Morgan fingerprint density at radius 2 is 1.22 bits per heavy atom. The summed E-state index contributed by atoms with van der Waals surface area (Å²) in [6, 6.07) is 4.97. The van der Waals surface area contributed by atoms with Crippen LogP contribution in [0.4, 0.5) is 5.69 Å². The van der Waals surface area contributed by atoms with E-state index in [2.05, 4.69) is 46.8 Å². The van der Waals surface area contributed by atoms with Crippen molar-refractivity contribution in [2.45, 2.75) is 72.1 Å². The van der Waals surface area contributed by atoms with Gasteiger partial charge >= 0.3 is 0 Å². The Morgan fingerprint density at radius 3 is 1.85 bits per heavy atom. The van der Waals surface area contributed by atoms with Gasteiger partial charge in [0.25, 0.3) is 0 Å². The van der Waals surface area contributed by atoms with Crippen LogP contribution in [0.2, 0.25) is 0 Å². The third-order valence-electron chi connectivity index (χ3n) is 8.18. The Labute approximate surface area is 194 Å². The average molecular weight is 385 g/mol. The molecule has 2 heteroatoms. The van der Waals surface area contributed by atoms with Gasteiger partial charge in [-0.3, -0.25) is 0 Å². The number of hydrogen-bond acceptors (Lipinski definition) is 1. The Kier molecular flexibility index (Phi) is 4.97. The standard InChI is InChI=1S/C25H31N.Ar/c1-12-10-19-21(15(4)14(12)3)24-18-9-7-6-8-17(18)23(19)20-11-13(2)25(26)16(5)22(20)24;/h10-11,17-18,23-24H,6-9,26H2,1-5H3;. The van der Waals surface area contributed by atoms with E-state index in [0.717, 1.165) is 17.5 Å². The first-order chi connectivity index (χ1) is 12.4. The number of aryl methyl sites for hydroxylation is 2. The zero-order valence-electron chi connectivity index (χ0n) is 17.2. The van der Waals surface area contributed by atoms with Crippen LogP contribution in [0.3, 0.4) is 0 Å². The molecule has 4 atom stereocenters. The zero-order chi connectivity index (χ0) is 18.3. The van der Waals surface area contributed by atoms with Crippen LogP contribution in [0.5, 0.6) is 0 Å². The molecular weight excluding hydrogens is 354 g/mol. The van der Waals surface area contributed by atoms with E-state index >= 15 is 0 Å². The molecule has 4 unspecified atom stereocenters. The first kappa shape index (κ1) is 19.8. The molecule has 1 nitrogen and oxygen atoms in total. The van der Waals surface area contributed by atoms with Gasteiger partial charge < -0.3 is 5.73 Å². The van der Waals surface area contributed by atoms with Gasteiger partial charge in [0.1, 0.15) is 0 Å². The van der Waals surface area contributed by atoms with Crippen molar-refractivity contribution in [2.24, 2.45) is 11.8 Å². The molecule has 1 saturated carbocycles. The molecule has 6 rings (SSSR count). The van der Waals surface area contributed by atoms with E-state index in [1.807, 2.05) is 0 Å². The summed E-state index contributed by atoms with van der Waals surface area (Å²) >= 11 is 0. The van der Waals surface area contributed by atoms with Crippen LogP contribution < -0.4 is 5.73 Å². The number of rotatable bonds is 0. The summed E-state index contributed by atoms with van der Waals surface area (Å²) in [7, 11) is 0. The molecule has 2 N–H and O–H groups in total. The minimum atomic E-state index is 0. The summed E-state index contributed by atoms with van der Waals surface area (Å²) in [4.78, 5) is 0. The summed E-state index contributed by atoms with van der Waals surface area (Å²) < 4.78 is 0. The first-order valence-electron chi connectivity index (χ1n) is 10.4. The number of nitrogen functional groups attached to an aromatic ring is 1. The molecule has 0 aromatic heterocycles. The molecule has 0 amide bonds. The number of anilines is 1. The molecule has 4 aliphatic rings. The maximum atomic E-state index is 6.52. The molecule has 0 radical (unpaired) electrons. The molecule has 0 saturated heterocycles. The van der Waals surface area contributed by atoms with Crippen molar-refractivity contribution < 1.29 is 37.7 Å². The van der Waals surface area contributed by atoms with Crippen molar-refractivity contribution in [1.82, 2.24) is 0 Å². The van der Waals surface area contributed by atoms with Crippen LogP contribution in [0, 0.1) is 84.2 Å². The third-order valence-corrected chi connectivity index (χ3v) is 8.18. The van der Waals surface area contributed by atoms with Crippen LogP contribution in [0.1, 0.15) is 87.6 Å². The fraction of sp³-hybridized carbons (Fsp3) is 0.520. The van der Waals surface area contributed by atoms with Gasteiger partial charge in [-0.2, -0.15) is 0 Å². The second-order valence-corrected chi connectivity index (χ2v) is 9.25. The predicted molar refractivity (Wildman–Crippen MR) is 110 cm³/mol. The van der Waals surface area contributed by atoms with Crippen LogP contribution >= 0.6 is 0 Å². The summed E-state index contributed by atoms with van der Waals surface area (Å²) in [6.45, 7) is 11.4. The Balaban J connectivity index is 0.00000180. The molecule has 0 aliphatic heterocycles. The van der Waals surface area contributed by atoms with Crippen LogP contribution in [-0.2, 0) is 0 Å². The molecule has 2 bridgehead atoms. The van der Waals surface area contributed by atoms with E-state index in [4.69, 9.17) is 5.73 Å². The second-order valence-electron chi connectivity index (χ2n) is 9.25. The SMILES string of the molecule is Cc1cc2c(c(C)c1C)C1c3c(cc(C)c(N)c3C)C2C2CCCCC12.[Ar]. The summed E-state index contributed by atoms with van der Waals surface area (Å²) in [5.41, 5.74) is 21.2. The molecular formula is C25H31ArN. The van der Waals surface area contributed by atoms with Crippen molar-refractivity contribution >= 4 is 5.69 Å². The summed E-state index contributed by atoms with van der Waals surface area (Å²) in [5, 5.41) is 0. The van der Waals surface area contributed by atoms with Crippen molar-refractivity contribution in [3.63, 3.8) is 0 Å². The van der Waals surface area contributed by atoms with Gasteiger partial charge in [-0.25, -0.2) is 0 Å². The van der Waals surface area contributed by atoms with E-state index in [1.165, 1.54) is 47.9 Å². The molecule has 1 fully saturated rings. The quantitative estimate of drug-likeness (QED) is 0.536. The largest absolute Gasteiger partial charge is 0.398 e. The average Bonchev–Trinajstić information content (AvgIpc) is 2.63. The van der Waals surface area contributed by atoms with E-state index < -0.39 is 0 Å². The molecule has 144 valence electrons. The summed E-state index contributed by atoms with van der Waals surface area (Å²) in [5.74, 6) is 2.80. The first-order valence-corrected chi connectivity index (χ1v) is 10.4. The van der Waals surface area contributed by atoms with E-state index in [1.54, 1.807) is 27.8 Å². The Hall–Kier alpha value is -0.500. The van der Waals surface area contributed by atoms with Crippen molar-refractivity contribution in [1.29, 1.82) is 0 Å². The maximum absolute atomic E-state index is 6.52. The number of nitrogens with two attached hydrogens (primary N) is 1.